The quantitative estimate of drug-likeness (QED) is 0.381. The van der Waals surface area contributed by atoms with Crippen LogP contribution in [-0.4, -0.2) is 21.0 Å². The van der Waals surface area contributed by atoms with Crippen molar-refractivity contribution >= 4 is 34.2 Å². The topological polar surface area (TPSA) is 76.0 Å². The molecule has 0 bridgehead atoms. The molecule has 0 aliphatic rings. The number of amidine groups is 1. The van der Waals surface area contributed by atoms with E-state index in [1.165, 1.54) is 18.5 Å². The molecule has 0 amide bonds. The van der Waals surface area contributed by atoms with Crippen LogP contribution < -0.4 is 5.06 Å². The maximum atomic E-state index is 13.2. The molecule has 0 radical (unpaired) electrons. The van der Waals surface area contributed by atoms with Gasteiger partial charge in [-0.25, -0.2) is 14.4 Å². The molecule has 0 spiro atoms. The minimum absolute atomic E-state index is 0.125. The summed E-state index contributed by atoms with van der Waals surface area (Å²) in [4.78, 5) is 7.16. The van der Waals surface area contributed by atoms with Crippen molar-refractivity contribution in [2.75, 3.05) is 5.06 Å². The van der Waals surface area contributed by atoms with Gasteiger partial charge in [-0.3, -0.25) is 10.6 Å². The Morgan fingerprint density at radius 3 is 2.86 bits per heavy atom. The van der Waals surface area contributed by atoms with Crippen molar-refractivity contribution in [2.45, 2.75) is 6.92 Å². The standard InChI is InChI=1S/C15H12ClFN4O/c1-8-2-4-10(14-13(8)19-7-20-14)15(18)21(22)9-3-5-12(17)11(16)6-9/h2-7,18,22H,1H3,(H,19,20). The molecular weight excluding hydrogens is 307 g/mol. The van der Waals surface area contributed by atoms with Crippen LogP contribution in [0, 0.1) is 18.2 Å². The predicted molar refractivity (Wildman–Crippen MR) is 83.3 cm³/mol. The second-order valence-electron chi connectivity index (χ2n) is 4.81. The van der Waals surface area contributed by atoms with E-state index in [9.17, 15) is 9.60 Å². The molecule has 7 heteroatoms. The predicted octanol–water partition coefficient (Wildman–Crippen LogP) is 3.88. The number of hydrogen-bond acceptors (Lipinski definition) is 3. The Hall–Kier alpha value is -2.44. The monoisotopic (exact) mass is 318 g/mol. The fourth-order valence-electron chi connectivity index (χ4n) is 2.23. The van der Waals surface area contributed by atoms with Crippen molar-refractivity contribution < 1.29 is 9.60 Å². The minimum Gasteiger partial charge on any atom is -0.344 e. The van der Waals surface area contributed by atoms with Crippen LogP contribution in [0.2, 0.25) is 5.02 Å². The van der Waals surface area contributed by atoms with Crippen LogP contribution in [0.25, 0.3) is 11.0 Å². The molecular formula is C15H12ClFN4O. The number of aromatic nitrogens is 2. The molecule has 0 aliphatic carbocycles. The fraction of sp³-hybridized carbons (Fsp3) is 0.0667. The van der Waals surface area contributed by atoms with Crippen LogP contribution >= 0.6 is 11.6 Å². The molecule has 5 nitrogen and oxygen atoms in total. The molecule has 1 heterocycles. The first-order chi connectivity index (χ1) is 10.5. The number of rotatable bonds is 2. The first-order valence-corrected chi connectivity index (χ1v) is 6.82. The van der Waals surface area contributed by atoms with Crippen LogP contribution in [0.1, 0.15) is 11.1 Å². The highest BCUT2D eigenvalue weighted by molar-refractivity contribution is 6.31. The van der Waals surface area contributed by atoms with Gasteiger partial charge in [-0.1, -0.05) is 17.7 Å². The highest BCUT2D eigenvalue weighted by Crippen LogP contribution is 2.25. The Balaban J connectivity index is 2.03. The Kier molecular flexibility index (Phi) is 3.56. The van der Waals surface area contributed by atoms with Gasteiger partial charge in [-0.2, -0.15) is 0 Å². The third-order valence-corrected chi connectivity index (χ3v) is 3.69. The molecule has 1 aromatic heterocycles. The molecule has 0 saturated carbocycles. The maximum Gasteiger partial charge on any atom is 0.159 e. The number of hydroxylamine groups is 1. The summed E-state index contributed by atoms with van der Waals surface area (Å²) >= 11 is 5.71. The second-order valence-corrected chi connectivity index (χ2v) is 5.22. The molecule has 0 atom stereocenters. The normalized spacial score (nSPS) is 10.9. The molecule has 3 aromatic rings. The smallest absolute Gasteiger partial charge is 0.159 e. The number of fused-ring (bicyclic) bond motifs is 1. The van der Waals surface area contributed by atoms with E-state index in [1.807, 2.05) is 13.0 Å². The number of aryl methyl sites for hydroxylation is 1. The number of imidazole rings is 1. The van der Waals surface area contributed by atoms with Gasteiger partial charge in [0.25, 0.3) is 0 Å². The molecule has 112 valence electrons. The van der Waals surface area contributed by atoms with Crippen LogP contribution in [0.3, 0.4) is 0 Å². The summed E-state index contributed by atoms with van der Waals surface area (Å²) in [5, 5.41) is 18.9. The lowest BCUT2D eigenvalue weighted by atomic mass is 10.1. The van der Waals surface area contributed by atoms with Crippen LogP contribution in [0.15, 0.2) is 36.7 Å². The van der Waals surface area contributed by atoms with Crippen molar-refractivity contribution in [3.63, 3.8) is 0 Å². The molecule has 0 aliphatic heterocycles. The van der Waals surface area contributed by atoms with Crippen molar-refractivity contribution in [3.05, 3.63) is 58.6 Å². The number of nitrogens with zero attached hydrogens (tertiary/aromatic N) is 2. The number of H-pyrrole nitrogens is 1. The van der Waals surface area contributed by atoms with Gasteiger partial charge >= 0.3 is 0 Å². The highest BCUT2D eigenvalue weighted by atomic mass is 35.5. The third-order valence-electron chi connectivity index (χ3n) is 3.40. The summed E-state index contributed by atoms with van der Waals surface area (Å²) in [5.41, 5.74) is 3.01. The minimum atomic E-state index is -0.586. The van der Waals surface area contributed by atoms with E-state index in [0.29, 0.717) is 16.1 Å². The van der Waals surface area contributed by atoms with Gasteiger partial charge in [0, 0.05) is 5.56 Å². The Labute approximate surface area is 130 Å². The lowest BCUT2D eigenvalue weighted by Crippen LogP contribution is -2.27. The van der Waals surface area contributed by atoms with Crippen molar-refractivity contribution in [1.29, 1.82) is 5.41 Å². The molecule has 2 aromatic carbocycles. The average molecular weight is 319 g/mol. The number of nitrogens with one attached hydrogen (secondary N) is 2. The van der Waals surface area contributed by atoms with E-state index in [2.05, 4.69) is 9.97 Å². The fourth-order valence-corrected chi connectivity index (χ4v) is 2.40. The number of benzene rings is 2. The zero-order valence-electron chi connectivity index (χ0n) is 11.6. The third kappa shape index (κ3) is 2.32. The van der Waals surface area contributed by atoms with Gasteiger partial charge < -0.3 is 4.98 Å². The molecule has 3 rings (SSSR count). The lowest BCUT2D eigenvalue weighted by Gasteiger charge is -2.18. The number of anilines is 1. The highest BCUT2D eigenvalue weighted by Gasteiger charge is 2.17. The zero-order valence-corrected chi connectivity index (χ0v) is 12.3. The van der Waals surface area contributed by atoms with E-state index in [1.54, 1.807) is 6.07 Å². The first-order valence-electron chi connectivity index (χ1n) is 6.44. The van der Waals surface area contributed by atoms with Gasteiger partial charge in [-0.05, 0) is 36.8 Å². The van der Waals surface area contributed by atoms with Crippen LogP contribution in [0.5, 0.6) is 0 Å². The Bertz CT molecular complexity index is 877. The molecule has 3 N–H and O–H groups in total. The molecule has 0 saturated heterocycles. The van der Waals surface area contributed by atoms with Crippen molar-refractivity contribution in [3.8, 4) is 0 Å². The maximum absolute atomic E-state index is 13.2. The summed E-state index contributed by atoms with van der Waals surface area (Å²) in [6.07, 6.45) is 1.53. The Morgan fingerprint density at radius 1 is 1.36 bits per heavy atom. The van der Waals surface area contributed by atoms with Crippen molar-refractivity contribution in [1.82, 2.24) is 9.97 Å². The van der Waals surface area contributed by atoms with Gasteiger partial charge in [0.1, 0.15) is 5.82 Å². The second kappa shape index (κ2) is 5.40. The first kappa shape index (κ1) is 14.5. The summed E-state index contributed by atoms with van der Waals surface area (Å²) in [5.74, 6) is -0.756. The van der Waals surface area contributed by atoms with E-state index >= 15 is 0 Å². The average Bonchev–Trinajstić information content (AvgIpc) is 2.99. The van der Waals surface area contributed by atoms with E-state index in [-0.39, 0.29) is 16.5 Å². The van der Waals surface area contributed by atoms with Crippen LogP contribution in [-0.2, 0) is 0 Å². The molecule has 22 heavy (non-hydrogen) atoms. The van der Waals surface area contributed by atoms with E-state index in [0.717, 1.165) is 17.1 Å². The van der Waals surface area contributed by atoms with E-state index in [4.69, 9.17) is 17.0 Å². The summed E-state index contributed by atoms with van der Waals surface area (Å²) in [6, 6.07) is 7.26. The van der Waals surface area contributed by atoms with Gasteiger partial charge in [0.2, 0.25) is 0 Å². The number of hydrogen-bond donors (Lipinski definition) is 3. The zero-order chi connectivity index (χ0) is 15.9. The lowest BCUT2D eigenvalue weighted by molar-refractivity contribution is 0.312. The Morgan fingerprint density at radius 2 is 2.14 bits per heavy atom. The SMILES string of the molecule is Cc1ccc(C(=N)N(O)c2ccc(F)c(Cl)c2)c2[nH]cnc12. The largest absolute Gasteiger partial charge is 0.344 e. The summed E-state index contributed by atoms with van der Waals surface area (Å²) in [7, 11) is 0. The van der Waals surface area contributed by atoms with E-state index < -0.39 is 5.82 Å². The molecule has 0 fully saturated rings. The number of halogens is 2. The summed E-state index contributed by atoms with van der Waals surface area (Å²) < 4.78 is 13.2. The van der Waals surface area contributed by atoms with Crippen molar-refractivity contribution in [2.24, 2.45) is 0 Å². The van der Waals surface area contributed by atoms with Crippen LogP contribution in [0.4, 0.5) is 10.1 Å². The number of aromatic amines is 1. The van der Waals surface area contributed by atoms with Gasteiger partial charge in [0.05, 0.1) is 28.1 Å². The van der Waals surface area contributed by atoms with Gasteiger partial charge in [0.15, 0.2) is 5.84 Å². The van der Waals surface area contributed by atoms with Gasteiger partial charge in [-0.15, -0.1) is 0 Å². The molecule has 0 unspecified atom stereocenters. The summed E-state index contributed by atoms with van der Waals surface area (Å²) in [6.45, 7) is 1.91.